The van der Waals surface area contributed by atoms with Gasteiger partial charge in [-0.1, -0.05) is 0 Å². The van der Waals surface area contributed by atoms with Crippen molar-refractivity contribution in [3.63, 3.8) is 0 Å². The van der Waals surface area contributed by atoms with Gasteiger partial charge in [-0.3, -0.25) is 9.48 Å². The van der Waals surface area contributed by atoms with Gasteiger partial charge in [0.1, 0.15) is 5.69 Å². The van der Waals surface area contributed by atoms with Crippen molar-refractivity contribution in [2.45, 2.75) is 31.9 Å². The van der Waals surface area contributed by atoms with Gasteiger partial charge in [0, 0.05) is 19.7 Å². The summed E-state index contributed by atoms with van der Waals surface area (Å²) in [5, 5.41) is 6.92. The number of nitrogens with one attached hydrogen (secondary N) is 1. The second-order valence-electron chi connectivity index (χ2n) is 4.45. The summed E-state index contributed by atoms with van der Waals surface area (Å²) >= 11 is 0. The van der Waals surface area contributed by atoms with E-state index in [0.717, 1.165) is 12.8 Å². The number of hydrogen-bond donors (Lipinski definition) is 2. The van der Waals surface area contributed by atoms with Gasteiger partial charge in [0.15, 0.2) is 0 Å². The number of aryl methyl sites for hydroxylation is 1. The van der Waals surface area contributed by atoms with E-state index in [2.05, 4.69) is 10.4 Å². The normalized spacial score (nSPS) is 24.6. The molecule has 2 atom stereocenters. The summed E-state index contributed by atoms with van der Waals surface area (Å²) in [5.41, 5.74) is 6.53. The molecule has 2 heterocycles. The number of aromatic nitrogens is 2. The molecule has 0 bridgehead atoms. The molecule has 3 N–H and O–H groups in total. The van der Waals surface area contributed by atoms with Crippen molar-refractivity contribution in [2.75, 3.05) is 12.3 Å². The highest BCUT2D eigenvalue weighted by atomic mass is 16.5. The van der Waals surface area contributed by atoms with Crippen LogP contribution in [0.4, 0.5) is 5.69 Å². The zero-order valence-corrected chi connectivity index (χ0v) is 10.1. The number of nitrogens with two attached hydrogens (primary N) is 1. The Bertz CT molecular complexity index is 396. The Labute approximate surface area is 100 Å². The highest BCUT2D eigenvalue weighted by Gasteiger charge is 2.23. The molecule has 94 valence electrons. The maximum absolute atomic E-state index is 12.0. The zero-order chi connectivity index (χ0) is 12.4. The van der Waals surface area contributed by atoms with E-state index in [1.165, 1.54) is 10.9 Å². The van der Waals surface area contributed by atoms with Gasteiger partial charge in [-0.05, 0) is 19.8 Å². The first-order valence-corrected chi connectivity index (χ1v) is 5.78. The number of anilines is 1. The lowest BCUT2D eigenvalue weighted by atomic mass is 10.0. The molecule has 0 spiro atoms. The summed E-state index contributed by atoms with van der Waals surface area (Å²) in [7, 11) is 1.71. The molecule has 6 nitrogen and oxygen atoms in total. The second-order valence-corrected chi connectivity index (χ2v) is 4.45. The summed E-state index contributed by atoms with van der Waals surface area (Å²) < 4.78 is 6.93. The lowest BCUT2D eigenvalue weighted by molar-refractivity contribution is 0.0136. The van der Waals surface area contributed by atoms with Crippen LogP contribution < -0.4 is 11.1 Å². The predicted octanol–water partition coefficient (Wildman–Crippen LogP) is 0.300. The van der Waals surface area contributed by atoms with Gasteiger partial charge in [-0.2, -0.15) is 5.10 Å². The molecule has 1 saturated heterocycles. The second kappa shape index (κ2) is 4.75. The van der Waals surface area contributed by atoms with Gasteiger partial charge in [0.05, 0.1) is 18.0 Å². The van der Waals surface area contributed by atoms with Crippen molar-refractivity contribution in [3.05, 3.63) is 11.9 Å². The maximum Gasteiger partial charge on any atom is 0.271 e. The fourth-order valence-electron chi connectivity index (χ4n) is 2.12. The number of rotatable bonds is 2. The lowest BCUT2D eigenvalue weighted by Crippen LogP contribution is -2.42. The smallest absolute Gasteiger partial charge is 0.271 e. The molecule has 1 amide bonds. The van der Waals surface area contributed by atoms with Gasteiger partial charge in [-0.25, -0.2) is 0 Å². The maximum atomic E-state index is 12.0. The average molecular weight is 238 g/mol. The molecule has 2 unspecified atom stereocenters. The van der Waals surface area contributed by atoms with Gasteiger partial charge in [0.25, 0.3) is 5.91 Å². The monoisotopic (exact) mass is 238 g/mol. The van der Waals surface area contributed by atoms with Crippen molar-refractivity contribution >= 4 is 11.6 Å². The standard InChI is InChI=1S/C11H18N4O2/c1-7-5-8(3-4-17-7)14-11(16)10-9(12)6-13-15(10)2/h6-8H,3-5,12H2,1-2H3,(H,14,16). The molecule has 0 saturated carbocycles. The van der Waals surface area contributed by atoms with E-state index in [-0.39, 0.29) is 18.1 Å². The summed E-state index contributed by atoms with van der Waals surface area (Å²) in [6, 6.07) is 0.153. The van der Waals surface area contributed by atoms with Gasteiger partial charge in [0.2, 0.25) is 0 Å². The Morgan fingerprint density at radius 1 is 1.71 bits per heavy atom. The number of carbonyl (C=O) groups is 1. The van der Waals surface area contributed by atoms with Crippen LogP contribution in [0.15, 0.2) is 6.20 Å². The molecular formula is C11H18N4O2. The fourth-order valence-corrected chi connectivity index (χ4v) is 2.12. The molecule has 0 aliphatic carbocycles. The molecule has 0 aromatic carbocycles. The van der Waals surface area contributed by atoms with Crippen LogP contribution in [0.2, 0.25) is 0 Å². The Kier molecular flexibility index (Phi) is 3.33. The lowest BCUT2D eigenvalue weighted by Gasteiger charge is -2.27. The summed E-state index contributed by atoms with van der Waals surface area (Å²) in [5.74, 6) is -0.165. The number of carbonyl (C=O) groups excluding carboxylic acids is 1. The fraction of sp³-hybridized carbons (Fsp3) is 0.636. The molecule has 17 heavy (non-hydrogen) atoms. The average Bonchev–Trinajstić information content (AvgIpc) is 2.58. The Morgan fingerprint density at radius 2 is 2.47 bits per heavy atom. The predicted molar refractivity (Wildman–Crippen MR) is 63.5 cm³/mol. The first-order chi connectivity index (χ1) is 8.08. The Balaban J connectivity index is 2.02. The van der Waals surface area contributed by atoms with E-state index >= 15 is 0 Å². The zero-order valence-electron chi connectivity index (χ0n) is 10.1. The molecule has 1 aliphatic rings. The van der Waals surface area contributed by atoms with Crippen molar-refractivity contribution in [1.82, 2.24) is 15.1 Å². The van der Waals surface area contributed by atoms with E-state index in [1.54, 1.807) is 7.05 Å². The third kappa shape index (κ3) is 2.58. The van der Waals surface area contributed by atoms with Crippen LogP contribution in [-0.2, 0) is 11.8 Å². The van der Waals surface area contributed by atoms with E-state index in [9.17, 15) is 4.79 Å². The Morgan fingerprint density at radius 3 is 3.06 bits per heavy atom. The molecule has 1 aliphatic heterocycles. The largest absolute Gasteiger partial charge is 0.396 e. The molecule has 6 heteroatoms. The highest BCUT2D eigenvalue weighted by Crippen LogP contribution is 2.15. The molecule has 1 aromatic rings. The van der Waals surface area contributed by atoms with Crippen LogP contribution in [0.1, 0.15) is 30.3 Å². The van der Waals surface area contributed by atoms with Crippen molar-refractivity contribution in [1.29, 1.82) is 0 Å². The minimum atomic E-state index is -0.165. The number of hydrogen-bond acceptors (Lipinski definition) is 4. The summed E-state index contributed by atoms with van der Waals surface area (Å²) in [6.07, 6.45) is 3.36. The van der Waals surface area contributed by atoms with Crippen molar-refractivity contribution < 1.29 is 9.53 Å². The van der Waals surface area contributed by atoms with Gasteiger partial charge in [-0.15, -0.1) is 0 Å². The van der Waals surface area contributed by atoms with E-state index < -0.39 is 0 Å². The van der Waals surface area contributed by atoms with Crippen LogP contribution in [0.25, 0.3) is 0 Å². The third-order valence-corrected chi connectivity index (χ3v) is 3.00. The van der Waals surface area contributed by atoms with Crippen LogP contribution in [-0.4, -0.2) is 34.4 Å². The van der Waals surface area contributed by atoms with Gasteiger partial charge < -0.3 is 15.8 Å². The molecular weight excluding hydrogens is 220 g/mol. The molecule has 0 radical (unpaired) electrons. The first kappa shape index (κ1) is 11.9. The number of nitrogen functional groups attached to an aromatic ring is 1. The minimum Gasteiger partial charge on any atom is -0.396 e. The third-order valence-electron chi connectivity index (χ3n) is 3.00. The quantitative estimate of drug-likeness (QED) is 0.776. The molecule has 1 aromatic heterocycles. The van der Waals surface area contributed by atoms with Crippen LogP contribution in [0.5, 0.6) is 0 Å². The number of nitrogens with zero attached hydrogens (tertiary/aromatic N) is 2. The topological polar surface area (TPSA) is 82.2 Å². The summed E-state index contributed by atoms with van der Waals surface area (Å²) in [4.78, 5) is 12.0. The SMILES string of the molecule is CC1CC(NC(=O)c2c(N)cnn2C)CCO1. The minimum absolute atomic E-state index is 0.153. The number of ether oxygens (including phenoxy) is 1. The Hall–Kier alpha value is -1.56. The van der Waals surface area contributed by atoms with Crippen LogP contribution in [0, 0.1) is 0 Å². The first-order valence-electron chi connectivity index (χ1n) is 5.78. The van der Waals surface area contributed by atoms with Crippen molar-refractivity contribution in [2.24, 2.45) is 7.05 Å². The summed E-state index contributed by atoms with van der Waals surface area (Å²) in [6.45, 7) is 2.70. The molecule has 1 fully saturated rings. The molecule has 2 rings (SSSR count). The number of amides is 1. The van der Waals surface area contributed by atoms with E-state index in [4.69, 9.17) is 10.5 Å². The van der Waals surface area contributed by atoms with Crippen molar-refractivity contribution in [3.8, 4) is 0 Å². The highest BCUT2D eigenvalue weighted by molar-refractivity contribution is 5.97. The van der Waals surface area contributed by atoms with Gasteiger partial charge >= 0.3 is 0 Å². The van der Waals surface area contributed by atoms with Crippen LogP contribution >= 0.6 is 0 Å². The van der Waals surface area contributed by atoms with Crippen LogP contribution in [0.3, 0.4) is 0 Å². The van der Waals surface area contributed by atoms with E-state index in [1.807, 2.05) is 6.92 Å². The van der Waals surface area contributed by atoms with E-state index in [0.29, 0.717) is 18.0 Å².